The average Bonchev–Trinajstić information content (AvgIpc) is 3.10. The highest BCUT2D eigenvalue weighted by Crippen LogP contribution is 2.21. The number of anilines is 1. The molecule has 1 aromatic carbocycles. The van der Waals surface area contributed by atoms with Gasteiger partial charge in [0.2, 0.25) is 0 Å². The van der Waals surface area contributed by atoms with E-state index in [9.17, 15) is 4.39 Å². The molecule has 132 valence electrons. The fraction of sp³-hybridized carbons (Fsp3) is 0.0952. The number of H-pyrrole nitrogens is 1. The van der Waals surface area contributed by atoms with Crippen LogP contribution in [0, 0.1) is 17.1 Å². The lowest BCUT2D eigenvalue weighted by atomic mass is 10.1. The van der Waals surface area contributed by atoms with Gasteiger partial charge in [0.05, 0.1) is 5.56 Å². The summed E-state index contributed by atoms with van der Waals surface area (Å²) >= 11 is 0. The summed E-state index contributed by atoms with van der Waals surface area (Å²) in [7, 11) is 0. The SMILES string of the molecule is N#Cc1cnc2[nH]cc(Cc3ccc(NCc4ccccc4F)nc3)c2c1. The quantitative estimate of drug-likeness (QED) is 0.562. The molecular weight excluding hydrogens is 341 g/mol. The molecule has 0 aliphatic rings. The third-order valence-corrected chi connectivity index (χ3v) is 4.38. The number of hydrogen-bond acceptors (Lipinski definition) is 4. The van der Waals surface area contributed by atoms with E-state index in [2.05, 4.69) is 26.3 Å². The molecule has 0 spiro atoms. The first-order valence-electron chi connectivity index (χ1n) is 8.51. The van der Waals surface area contributed by atoms with Gasteiger partial charge in [0.1, 0.15) is 23.4 Å². The third-order valence-electron chi connectivity index (χ3n) is 4.38. The second-order valence-electron chi connectivity index (χ2n) is 6.22. The number of nitrogens with zero attached hydrogens (tertiary/aromatic N) is 3. The first-order valence-corrected chi connectivity index (χ1v) is 8.51. The Balaban J connectivity index is 1.47. The minimum absolute atomic E-state index is 0.230. The van der Waals surface area contributed by atoms with Gasteiger partial charge in [-0.3, -0.25) is 0 Å². The lowest BCUT2D eigenvalue weighted by Gasteiger charge is -2.07. The summed E-state index contributed by atoms with van der Waals surface area (Å²) in [6.45, 7) is 0.379. The molecule has 5 nitrogen and oxygen atoms in total. The van der Waals surface area contributed by atoms with Crippen LogP contribution in [0.5, 0.6) is 0 Å². The highest BCUT2D eigenvalue weighted by molar-refractivity contribution is 5.81. The normalized spacial score (nSPS) is 10.7. The molecule has 0 saturated heterocycles. The summed E-state index contributed by atoms with van der Waals surface area (Å²) in [6, 6.07) is 14.5. The van der Waals surface area contributed by atoms with Crippen LogP contribution < -0.4 is 5.32 Å². The maximum absolute atomic E-state index is 13.7. The predicted octanol–water partition coefficient (Wildman–Crippen LogP) is 4.17. The smallest absolute Gasteiger partial charge is 0.137 e. The average molecular weight is 357 g/mol. The lowest BCUT2D eigenvalue weighted by Crippen LogP contribution is -2.03. The van der Waals surface area contributed by atoms with Crippen molar-refractivity contribution < 1.29 is 4.39 Å². The van der Waals surface area contributed by atoms with Crippen molar-refractivity contribution in [3.8, 4) is 6.07 Å². The van der Waals surface area contributed by atoms with E-state index in [-0.39, 0.29) is 5.82 Å². The molecule has 6 heteroatoms. The lowest BCUT2D eigenvalue weighted by molar-refractivity contribution is 0.613. The van der Waals surface area contributed by atoms with Gasteiger partial charge in [0.15, 0.2) is 0 Å². The van der Waals surface area contributed by atoms with E-state index in [4.69, 9.17) is 5.26 Å². The van der Waals surface area contributed by atoms with Crippen LogP contribution in [0.1, 0.15) is 22.3 Å². The van der Waals surface area contributed by atoms with Gasteiger partial charge < -0.3 is 10.3 Å². The zero-order chi connectivity index (χ0) is 18.6. The van der Waals surface area contributed by atoms with Gasteiger partial charge >= 0.3 is 0 Å². The van der Waals surface area contributed by atoms with E-state index < -0.39 is 0 Å². The Labute approximate surface area is 155 Å². The number of pyridine rings is 2. The van der Waals surface area contributed by atoms with Gasteiger partial charge in [-0.05, 0) is 29.3 Å². The molecule has 0 radical (unpaired) electrons. The summed E-state index contributed by atoms with van der Waals surface area (Å²) in [5, 5.41) is 13.1. The van der Waals surface area contributed by atoms with Crippen LogP contribution in [0.2, 0.25) is 0 Å². The molecule has 0 bridgehead atoms. The molecule has 0 atom stereocenters. The molecule has 2 N–H and O–H groups in total. The topological polar surface area (TPSA) is 77.4 Å². The van der Waals surface area contributed by atoms with Crippen LogP contribution in [0.25, 0.3) is 11.0 Å². The maximum Gasteiger partial charge on any atom is 0.137 e. The van der Waals surface area contributed by atoms with Crippen molar-refractivity contribution in [1.82, 2.24) is 15.0 Å². The van der Waals surface area contributed by atoms with Crippen molar-refractivity contribution in [3.63, 3.8) is 0 Å². The number of aromatic nitrogens is 3. The highest BCUT2D eigenvalue weighted by Gasteiger charge is 2.08. The van der Waals surface area contributed by atoms with Gasteiger partial charge in [0.25, 0.3) is 0 Å². The van der Waals surface area contributed by atoms with Gasteiger partial charge in [-0.1, -0.05) is 24.3 Å². The molecule has 0 saturated carbocycles. The zero-order valence-corrected chi connectivity index (χ0v) is 14.4. The first-order chi connectivity index (χ1) is 13.2. The van der Waals surface area contributed by atoms with Gasteiger partial charge in [-0.25, -0.2) is 14.4 Å². The van der Waals surface area contributed by atoms with E-state index in [1.54, 1.807) is 24.5 Å². The number of rotatable bonds is 5. The number of halogens is 1. The molecule has 3 aromatic heterocycles. The van der Waals surface area contributed by atoms with Crippen LogP contribution in [0.15, 0.2) is 61.1 Å². The van der Waals surface area contributed by atoms with E-state index >= 15 is 0 Å². The molecule has 4 aromatic rings. The number of nitrogens with one attached hydrogen (secondary N) is 2. The van der Waals surface area contributed by atoms with Crippen LogP contribution in [0.3, 0.4) is 0 Å². The van der Waals surface area contributed by atoms with E-state index in [0.29, 0.717) is 29.9 Å². The Morgan fingerprint density at radius 1 is 1.07 bits per heavy atom. The standard InChI is InChI=1S/C21H16FN5/c22-19-4-2-1-3-16(19)12-25-20-6-5-14(10-24-20)7-17-13-27-21-18(17)8-15(9-23)11-26-21/h1-6,8,10-11,13H,7,12H2,(H,24,25)(H,26,27). The highest BCUT2D eigenvalue weighted by atomic mass is 19.1. The first kappa shape index (κ1) is 16.7. The molecular formula is C21H16FN5. The van der Waals surface area contributed by atoms with Gasteiger partial charge in [0, 0.05) is 42.5 Å². The molecule has 0 aliphatic heterocycles. The molecule has 0 unspecified atom stereocenters. The van der Waals surface area contributed by atoms with Crippen LogP contribution >= 0.6 is 0 Å². The number of aromatic amines is 1. The number of fused-ring (bicyclic) bond motifs is 1. The molecule has 27 heavy (non-hydrogen) atoms. The fourth-order valence-corrected chi connectivity index (χ4v) is 2.95. The van der Waals surface area contributed by atoms with Crippen molar-refractivity contribution in [2.24, 2.45) is 0 Å². The largest absolute Gasteiger partial charge is 0.366 e. The summed E-state index contributed by atoms with van der Waals surface area (Å²) in [6.07, 6.45) is 5.94. The summed E-state index contributed by atoms with van der Waals surface area (Å²) < 4.78 is 13.7. The van der Waals surface area contributed by atoms with Gasteiger partial charge in [-0.15, -0.1) is 0 Å². The van der Waals surface area contributed by atoms with Crippen LogP contribution in [0.4, 0.5) is 10.2 Å². The molecule has 3 heterocycles. The predicted molar refractivity (Wildman–Crippen MR) is 102 cm³/mol. The van der Waals surface area contributed by atoms with Crippen LogP contribution in [-0.2, 0) is 13.0 Å². The third kappa shape index (κ3) is 3.62. The number of benzene rings is 1. The van der Waals surface area contributed by atoms with Crippen molar-refractivity contribution in [3.05, 3.63) is 89.1 Å². The molecule has 0 fully saturated rings. The Kier molecular flexibility index (Phi) is 4.50. The van der Waals surface area contributed by atoms with E-state index in [1.165, 1.54) is 6.07 Å². The molecule has 4 rings (SSSR count). The monoisotopic (exact) mass is 357 g/mol. The van der Waals surface area contributed by atoms with Crippen LogP contribution in [-0.4, -0.2) is 15.0 Å². The van der Waals surface area contributed by atoms with Crippen molar-refractivity contribution >= 4 is 16.9 Å². The van der Waals surface area contributed by atoms with E-state index in [1.807, 2.05) is 30.5 Å². The van der Waals surface area contributed by atoms with Gasteiger partial charge in [-0.2, -0.15) is 5.26 Å². The fourth-order valence-electron chi connectivity index (χ4n) is 2.95. The summed E-state index contributed by atoms with van der Waals surface area (Å²) in [5.74, 6) is 0.459. The van der Waals surface area contributed by atoms with Crippen molar-refractivity contribution in [2.45, 2.75) is 13.0 Å². The molecule has 0 amide bonds. The van der Waals surface area contributed by atoms with E-state index in [0.717, 1.165) is 22.2 Å². The van der Waals surface area contributed by atoms with Crippen molar-refractivity contribution in [2.75, 3.05) is 5.32 Å². The second-order valence-corrected chi connectivity index (χ2v) is 6.22. The molecule has 0 aliphatic carbocycles. The number of hydrogen-bond donors (Lipinski definition) is 2. The zero-order valence-electron chi connectivity index (χ0n) is 14.4. The minimum Gasteiger partial charge on any atom is -0.366 e. The Bertz CT molecular complexity index is 1130. The Hall–Kier alpha value is -3.72. The summed E-state index contributed by atoms with van der Waals surface area (Å²) in [4.78, 5) is 11.8. The maximum atomic E-state index is 13.7. The minimum atomic E-state index is -0.230. The second kappa shape index (κ2) is 7.26. The Morgan fingerprint density at radius 3 is 2.74 bits per heavy atom. The number of nitriles is 1. The Morgan fingerprint density at radius 2 is 1.96 bits per heavy atom. The summed E-state index contributed by atoms with van der Waals surface area (Å²) in [5.41, 5.74) is 4.00. The van der Waals surface area contributed by atoms with Crippen molar-refractivity contribution in [1.29, 1.82) is 5.26 Å².